The van der Waals surface area contributed by atoms with Crippen LogP contribution >= 0.6 is 0 Å². The highest BCUT2D eigenvalue weighted by molar-refractivity contribution is 5.82. The van der Waals surface area contributed by atoms with Gasteiger partial charge in [-0.3, -0.25) is 4.79 Å². The molecule has 1 unspecified atom stereocenters. The lowest BCUT2D eigenvalue weighted by molar-refractivity contribution is -0.119. The summed E-state index contributed by atoms with van der Waals surface area (Å²) in [6.45, 7) is 5.63. The molecule has 0 saturated carbocycles. The monoisotopic (exact) mass is 260 g/mol. The van der Waals surface area contributed by atoms with Crippen molar-refractivity contribution in [2.24, 2.45) is 0 Å². The fraction of sp³-hybridized carbons (Fsp3) is 0.562. The molecule has 19 heavy (non-hydrogen) atoms. The second-order valence-corrected chi connectivity index (χ2v) is 5.37. The van der Waals surface area contributed by atoms with E-state index >= 15 is 0 Å². The van der Waals surface area contributed by atoms with E-state index in [4.69, 9.17) is 0 Å². The van der Waals surface area contributed by atoms with Gasteiger partial charge in [0.15, 0.2) is 0 Å². The Morgan fingerprint density at radius 2 is 2.16 bits per heavy atom. The summed E-state index contributed by atoms with van der Waals surface area (Å²) in [5.41, 5.74) is 2.58. The molecule has 0 radical (unpaired) electrons. The molecule has 104 valence electrons. The predicted molar refractivity (Wildman–Crippen MR) is 79.5 cm³/mol. The quantitative estimate of drug-likeness (QED) is 0.798. The number of hydrogen-bond donors (Lipinski definition) is 1. The molecular weight excluding hydrogens is 236 g/mol. The zero-order valence-corrected chi connectivity index (χ0v) is 12.0. The van der Waals surface area contributed by atoms with Gasteiger partial charge in [-0.1, -0.05) is 38.0 Å². The largest absolute Gasteiger partial charge is 0.359 e. The van der Waals surface area contributed by atoms with Crippen LogP contribution in [0, 0.1) is 0 Å². The molecule has 1 amide bonds. The number of carbonyl (C=O) groups is 1. The van der Waals surface area contributed by atoms with Gasteiger partial charge in [-0.15, -0.1) is 0 Å². The Labute approximate surface area is 116 Å². The Hall–Kier alpha value is -1.51. The number of unbranched alkanes of at least 4 members (excludes halogenated alkanes) is 2. The van der Waals surface area contributed by atoms with Gasteiger partial charge in [-0.05, 0) is 31.4 Å². The van der Waals surface area contributed by atoms with E-state index in [0.717, 1.165) is 19.4 Å². The van der Waals surface area contributed by atoms with Crippen molar-refractivity contribution in [1.29, 1.82) is 0 Å². The predicted octanol–water partition coefficient (Wildman–Crippen LogP) is 2.74. The van der Waals surface area contributed by atoms with Crippen LogP contribution in [0.3, 0.4) is 0 Å². The molecule has 1 heterocycles. The third-order valence-electron chi connectivity index (χ3n) is 3.76. The van der Waals surface area contributed by atoms with Crippen molar-refractivity contribution >= 4 is 11.6 Å². The van der Waals surface area contributed by atoms with Crippen LogP contribution in [0.1, 0.15) is 38.7 Å². The van der Waals surface area contributed by atoms with E-state index in [1.165, 1.54) is 24.1 Å². The highest BCUT2D eigenvalue weighted by Crippen LogP contribution is 2.31. The van der Waals surface area contributed by atoms with Crippen LogP contribution in [0.5, 0.6) is 0 Å². The second-order valence-electron chi connectivity index (χ2n) is 5.37. The van der Waals surface area contributed by atoms with Gasteiger partial charge in [-0.25, -0.2) is 0 Å². The smallest absolute Gasteiger partial charge is 0.239 e. The molecule has 3 nitrogen and oxygen atoms in total. The molecule has 0 aromatic heterocycles. The summed E-state index contributed by atoms with van der Waals surface area (Å²) in [5, 5.41) is 3.02. The Bertz CT molecular complexity index is 431. The SMILES string of the molecule is CCCCCNC(=O)CN1c2ccccc2CC1C. The van der Waals surface area contributed by atoms with Crippen molar-refractivity contribution in [2.45, 2.75) is 45.6 Å². The number of nitrogens with zero attached hydrogens (tertiary/aromatic N) is 1. The van der Waals surface area contributed by atoms with Crippen molar-refractivity contribution in [3.63, 3.8) is 0 Å². The van der Waals surface area contributed by atoms with E-state index in [1.807, 2.05) is 6.07 Å². The van der Waals surface area contributed by atoms with E-state index in [9.17, 15) is 4.79 Å². The van der Waals surface area contributed by atoms with Crippen molar-refractivity contribution < 1.29 is 4.79 Å². The molecule has 1 aliphatic rings. The van der Waals surface area contributed by atoms with Crippen LogP contribution in [0.25, 0.3) is 0 Å². The summed E-state index contributed by atoms with van der Waals surface area (Å²) in [7, 11) is 0. The van der Waals surface area contributed by atoms with Crippen LogP contribution in [0.15, 0.2) is 24.3 Å². The number of para-hydroxylation sites is 1. The lowest BCUT2D eigenvalue weighted by Gasteiger charge is -2.24. The molecule has 0 saturated heterocycles. The van der Waals surface area contributed by atoms with Gasteiger partial charge in [0, 0.05) is 18.3 Å². The van der Waals surface area contributed by atoms with Gasteiger partial charge >= 0.3 is 0 Å². The van der Waals surface area contributed by atoms with E-state index < -0.39 is 0 Å². The molecule has 0 aliphatic carbocycles. The van der Waals surface area contributed by atoms with E-state index in [1.54, 1.807) is 0 Å². The Morgan fingerprint density at radius 1 is 1.37 bits per heavy atom. The molecule has 1 aliphatic heterocycles. The highest BCUT2D eigenvalue weighted by atomic mass is 16.2. The molecular formula is C16H24N2O. The molecule has 3 heteroatoms. The van der Waals surface area contributed by atoms with Crippen LogP contribution in [-0.2, 0) is 11.2 Å². The normalized spacial score (nSPS) is 17.4. The summed E-state index contributed by atoms with van der Waals surface area (Å²) in [6, 6.07) is 8.80. The van der Waals surface area contributed by atoms with Crippen LogP contribution in [0.4, 0.5) is 5.69 Å². The first-order valence-corrected chi connectivity index (χ1v) is 7.33. The highest BCUT2D eigenvalue weighted by Gasteiger charge is 2.26. The van der Waals surface area contributed by atoms with Crippen molar-refractivity contribution in [1.82, 2.24) is 5.32 Å². The number of anilines is 1. The van der Waals surface area contributed by atoms with Gasteiger partial charge in [0.05, 0.1) is 6.54 Å². The van der Waals surface area contributed by atoms with Crippen molar-refractivity contribution in [2.75, 3.05) is 18.0 Å². The first kappa shape index (κ1) is 13.9. The lowest BCUT2D eigenvalue weighted by atomic mass is 10.1. The number of nitrogens with one attached hydrogen (secondary N) is 1. The topological polar surface area (TPSA) is 32.3 Å². The number of hydrogen-bond acceptors (Lipinski definition) is 2. The second kappa shape index (κ2) is 6.60. The number of rotatable bonds is 6. The summed E-state index contributed by atoms with van der Waals surface area (Å²) >= 11 is 0. The van der Waals surface area contributed by atoms with Crippen LogP contribution in [0.2, 0.25) is 0 Å². The molecule has 0 bridgehead atoms. The molecule has 1 N–H and O–H groups in total. The summed E-state index contributed by atoms with van der Waals surface area (Å²) in [5.74, 6) is 0.139. The lowest BCUT2D eigenvalue weighted by Crippen LogP contribution is -2.40. The molecule has 1 atom stereocenters. The van der Waals surface area contributed by atoms with Gasteiger partial charge in [0.1, 0.15) is 0 Å². The van der Waals surface area contributed by atoms with E-state index in [2.05, 4.69) is 42.3 Å². The zero-order chi connectivity index (χ0) is 13.7. The van der Waals surface area contributed by atoms with Crippen LogP contribution in [-0.4, -0.2) is 25.0 Å². The van der Waals surface area contributed by atoms with E-state index in [0.29, 0.717) is 12.6 Å². The molecule has 0 fully saturated rings. The maximum absolute atomic E-state index is 12.0. The minimum absolute atomic E-state index is 0.139. The van der Waals surface area contributed by atoms with Crippen LogP contribution < -0.4 is 10.2 Å². The van der Waals surface area contributed by atoms with E-state index in [-0.39, 0.29) is 5.91 Å². The maximum Gasteiger partial charge on any atom is 0.239 e. The molecule has 0 spiro atoms. The molecule has 2 rings (SSSR count). The number of benzene rings is 1. The third kappa shape index (κ3) is 3.49. The fourth-order valence-corrected chi connectivity index (χ4v) is 2.68. The zero-order valence-electron chi connectivity index (χ0n) is 12.0. The van der Waals surface area contributed by atoms with Crippen molar-refractivity contribution in [3.8, 4) is 0 Å². The Kier molecular flexibility index (Phi) is 4.83. The minimum atomic E-state index is 0.139. The minimum Gasteiger partial charge on any atom is -0.359 e. The maximum atomic E-state index is 12.0. The number of amides is 1. The van der Waals surface area contributed by atoms with Gasteiger partial charge in [0.2, 0.25) is 5.91 Å². The average Bonchev–Trinajstić information content (AvgIpc) is 2.72. The molecule has 1 aromatic rings. The van der Waals surface area contributed by atoms with Gasteiger partial charge in [-0.2, -0.15) is 0 Å². The summed E-state index contributed by atoms with van der Waals surface area (Å²) in [4.78, 5) is 14.2. The molecule has 1 aromatic carbocycles. The van der Waals surface area contributed by atoms with Crippen molar-refractivity contribution in [3.05, 3.63) is 29.8 Å². The first-order valence-electron chi connectivity index (χ1n) is 7.33. The summed E-state index contributed by atoms with van der Waals surface area (Å²) < 4.78 is 0. The standard InChI is InChI=1S/C16H24N2O/c1-3-4-7-10-17-16(19)12-18-13(2)11-14-8-5-6-9-15(14)18/h5-6,8-9,13H,3-4,7,10-12H2,1-2H3,(H,17,19). The number of carbonyl (C=O) groups excluding carboxylic acids is 1. The first-order chi connectivity index (χ1) is 9.22. The Balaban J connectivity index is 1.87. The van der Waals surface area contributed by atoms with Gasteiger partial charge in [0.25, 0.3) is 0 Å². The average molecular weight is 260 g/mol. The third-order valence-corrected chi connectivity index (χ3v) is 3.76. The summed E-state index contributed by atoms with van der Waals surface area (Å²) in [6.07, 6.45) is 4.49. The Morgan fingerprint density at radius 3 is 2.95 bits per heavy atom. The number of fused-ring (bicyclic) bond motifs is 1. The fourth-order valence-electron chi connectivity index (χ4n) is 2.68. The van der Waals surface area contributed by atoms with Gasteiger partial charge < -0.3 is 10.2 Å².